The van der Waals surface area contributed by atoms with Gasteiger partial charge in [0.2, 0.25) is 0 Å². The molecular weight excluding hydrogens is 250 g/mol. The summed E-state index contributed by atoms with van der Waals surface area (Å²) >= 11 is 0. The number of aromatic nitrogens is 3. The van der Waals surface area contributed by atoms with E-state index in [9.17, 15) is 0 Å². The molecule has 2 fully saturated rings. The molecule has 20 heavy (non-hydrogen) atoms. The zero-order chi connectivity index (χ0) is 13.7. The zero-order valence-corrected chi connectivity index (χ0v) is 12.1. The number of nitrogens with zero attached hydrogens (tertiary/aromatic N) is 4. The van der Waals surface area contributed by atoms with Gasteiger partial charge >= 0.3 is 0 Å². The quantitative estimate of drug-likeness (QED) is 0.862. The van der Waals surface area contributed by atoms with Crippen molar-refractivity contribution in [2.75, 3.05) is 25.0 Å². The van der Waals surface area contributed by atoms with Crippen molar-refractivity contribution in [3.63, 3.8) is 0 Å². The maximum absolute atomic E-state index is 4.57. The predicted molar refractivity (Wildman–Crippen MR) is 79.9 cm³/mol. The van der Waals surface area contributed by atoms with Crippen LogP contribution < -0.4 is 4.90 Å². The number of aromatic amines is 1. The van der Waals surface area contributed by atoms with E-state index in [1.54, 1.807) is 6.33 Å². The molecule has 2 aliphatic heterocycles. The van der Waals surface area contributed by atoms with E-state index in [4.69, 9.17) is 0 Å². The van der Waals surface area contributed by atoms with Gasteiger partial charge < -0.3 is 9.88 Å². The van der Waals surface area contributed by atoms with Gasteiger partial charge in [0.25, 0.3) is 0 Å². The van der Waals surface area contributed by atoms with Crippen LogP contribution in [0, 0.1) is 0 Å². The Morgan fingerprint density at radius 3 is 3.10 bits per heavy atom. The van der Waals surface area contributed by atoms with Gasteiger partial charge in [0.1, 0.15) is 17.8 Å². The summed E-state index contributed by atoms with van der Waals surface area (Å²) in [7, 11) is 2.27. The molecule has 5 nitrogen and oxygen atoms in total. The lowest BCUT2D eigenvalue weighted by atomic mass is 9.93. The van der Waals surface area contributed by atoms with Crippen LogP contribution in [0.3, 0.4) is 0 Å². The highest BCUT2D eigenvalue weighted by atomic mass is 15.3. The van der Waals surface area contributed by atoms with Crippen LogP contribution in [-0.4, -0.2) is 51.6 Å². The van der Waals surface area contributed by atoms with E-state index in [2.05, 4.69) is 44.8 Å². The minimum absolute atomic E-state index is 0.354. The van der Waals surface area contributed by atoms with Crippen molar-refractivity contribution in [1.82, 2.24) is 19.9 Å². The summed E-state index contributed by atoms with van der Waals surface area (Å²) in [5.41, 5.74) is 1.29. The molecule has 0 bridgehead atoms. The molecule has 106 valence electrons. The van der Waals surface area contributed by atoms with E-state index in [1.807, 2.05) is 6.20 Å². The Morgan fingerprint density at radius 2 is 2.30 bits per heavy atom. The first-order valence-electron chi connectivity index (χ1n) is 7.46. The van der Waals surface area contributed by atoms with Gasteiger partial charge in [0, 0.05) is 24.3 Å². The minimum Gasteiger partial charge on any atom is -0.351 e. The lowest BCUT2D eigenvalue weighted by molar-refractivity contribution is 0.194. The van der Waals surface area contributed by atoms with Crippen LogP contribution in [0.25, 0.3) is 11.0 Å². The van der Waals surface area contributed by atoms with Gasteiger partial charge in [-0.3, -0.25) is 4.90 Å². The monoisotopic (exact) mass is 271 g/mol. The second kappa shape index (κ2) is 4.19. The summed E-state index contributed by atoms with van der Waals surface area (Å²) in [4.78, 5) is 17.1. The molecular formula is C15H21N5. The van der Waals surface area contributed by atoms with Gasteiger partial charge in [-0.25, -0.2) is 9.97 Å². The van der Waals surface area contributed by atoms with E-state index in [1.165, 1.54) is 25.8 Å². The van der Waals surface area contributed by atoms with Crippen molar-refractivity contribution < 1.29 is 0 Å². The predicted octanol–water partition coefficient (Wildman–Crippen LogP) is 2.02. The molecule has 0 amide bonds. The number of H-pyrrole nitrogens is 1. The first-order valence-corrected chi connectivity index (χ1v) is 7.46. The van der Waals surface area contributed by atoms with Crippen LogP contribution in [0.4, 0.5) is 5.82 Å². The number of hydrogen-bond acceptors (Lipinski definition) is 4. The lowest BCUT2D eigenvalue weighted by Crippen LogP contribution is -2.43. The molecule has 1 N–H and O–H groups in total. The van der Waals surface area contributed by atoms with Crippen molar-refractivity contribution in [1.29, 1.82) is 0 Å². The van der Waals surface area contributed by atoms with Crippen molar-refractivity contribution in [3.05, 3.63) is 18.6 Å². The van der Waals surface area contributed by atoms with Crippen molar-refractivity contribution in [3.8, 4) is 0 Å². The molecule has 2 saturated heterocycles. The molecule has 0 saturated carbocycles. The van der Waals surface area contributed by atoms with Crippen LogP contribution >= 0.6 is 0 Å². The van der Waals surface area contributed by atoms with E-state index < -0.39 is 0 Å². The molecule has 2 atom stereocenters. The number of fused-ring (bicyclic) bond motifs is 1. The Hall–Kier alpha value is -1.62. The van der Waals surface area contributed by atoms with E-state index >= 15 is 0 Å². The van der Waals surface area contributed by atoms with Crippen LogP contribution in [0.2, 0.25) is 0 Å². The fraction of sp³-hybridized carbons (Fsp3) is 0.600. The number of hydrogen-bond donors (Lipinski definition) is 1. The number of likely N-dealkylation sites (N-methyl/N-ethyl adjacent to an activating group) is 1. The minimum atomic E-state index is 0.354. The second-order valence-corrected chi connectivity index (χ2v) is 6.37. The van der Waals surface area contributed by atoms with E-state index in [0.29, 0.717) is 11.6 Å². The topological polar surface area (TPSA) is 48.1 Å². The summed E-state index contributed by atoms with van der Waals surface area (Å²) in [6.45, 7) is 4.63. The van der Waals surface area contributed by atoms with Gasteiger partial charge in [-0.1, -0.05) is 0 Å². The number of rotatable bonds is 1. The summed E-state index contributed by atoms with van der Waals surface area (Å²) in [5, 5.41) is 1.14. The van der Waals surface area contributed by atoms with Crippen molar-refractivity contribution in [2.24, 2.45) is 0 Å². The third-order valence-corrected chi connectivity index (χ3v) is 5.22. The Kier molecular flexibility index (Phi) is 2.54. The van der Waals surface area contributed by atoms with E-state index in [0.717, 1.165) is 23.4 Å². The third kappa shape index (κ3) is 1.59. The van der Waals surface area contributed by atoms with Crippen LogP contribution in [-0.2, 0) is 0 Å². The Bertz CT molecular complexity index is 636. The van der Waals surface area contributed by atoms with Gasteiger partial charge in [0.15, 0.2) is 0 Å². The molecule has 2 unspecified atom stereocenters. The van der Waals surface area contributed by atoms with Crippen LogP contribution in [0.5, 0.6) is 0 Å². The second-order valence-electron chi connectivity index (χ2n) is 6.37. The maximum Gasteiger partial charge on any atom is 0.142 e. The fourth-order valence-corrected chi connectivity index (χ4v) is 4.10. The highest BCUT2D eigenvalue weighted by molar-refractivity contribution is 5.87. The number of anilines is 1. The smallest absolute Gasteiger partial charge is 0.142 e. The van der Waals surface area contributed by atoms with Gasteiger partial charge in [0.05, 0.1) is 5.39 Å². The van der Waals surface area contributed by atoms with Gasteiger partial charge in [-0.05, 0) is 45.8 Å². The molecule has 0 radical (unpaired) electrons. The molecule has 2 aromatic rings. The van der Waals surface area contributed by atoms with Crippen LogP contribution in [0.1, 0.15) is 26.2 Å². The number of likely N-dealkylation sites (tertiary alicyclic amines) is 1. The van der Waals surface area contributed by atoms with E-state index in [-0.39, 0.29) is 0 Å². The Balaban J connectivity index is 1.74. The molecule has 5 heteroatoms. The lowest BCUT2D eigenvalue weighted by Gasteiger charge is -2.32. The summed E-state index contributed by atoms with van der Waals surface area (Å²) in [6, 6.07) is 2.62. The largest absolute Gasteiger partial charge is 0.351 e. The average Bonchev–Trinajstić information content (AvgIpc) is 3.11. The molecule has 1 spiro atoms. The van der Waals surface area contributed by atoms with Gasteiger partial charge in [-0.15, -0.1) is 0 Å². The summed E-state index contributed by atoms with van der Waals surface area (Å²) in [5.74, 6) is 1.08. The molecule has 4 heterocycles. The Morgan fingerprint density at radius 1 is 1.40 bits per heavy atom. The summed E-state index contributed by atoms with van der Waals surface area (Å²) < 4.78 is 0. The van der Waals surface area contributed by atoms with Gasteiger partial charge in [-0.2, -0.15) is 0 Å². The van der Waals surface area contributed by atoms with Crippen LogP contribution in [0.15, 0.2) is 18.6 Å². The van der Waals surface area contributed by atoms with Crippen molar-refractivity contribution >= 4 is 16.9 Å². The third-order valence-electron chi connectivity index (χ3n) is 5.22. The average molecular weight is 271 g/mol. The normalized spacial score (nSPS) is 30.9. The highest BCUT2D eigenvalue weighted by Crippen LogP contribution is 2.41. The molecule has 2 aromatic heterocycles. The summed E-state index contributed by atoms with van der Waals surface area (Å²) in [6.07, 6.45) is 7.48. The first kappa shape index (κ1) is 12.1. The van der Waals surface area contributed by atoms with Crippen molar-refractivity contribution in [2.45, 2.75) is 37.8 Å². The number of nitrogens with one attached hydrogen (secondary N) is 1. The highest BCUT2D eigenvalue weighted by Gasteiger charge is 2.47. The SMILES string of the molecule is CC1CC2(CCCN2C)CN1c1ncnc2[nH]ccc12. The zero-order valence-electron chi connectivity index (χ0n) is 12.1. The molecule has 4 rings (SSSR count). The standard InChI is InChI=1S/C15H21N5/c1-11-8-15(5-3-7-19(15)2)9-20(11)14-12-4-6-16-13(12)17-10-18-14/h4,6,10-11H,3,5,7-9H2,1-2H3,(H,16,17,18). The molecule has 0 aromatic carbocycles. The Labute approximate surface area is 119 Å². The fourth-order valence-electron chi connectivity index (χ4n) is 4.10. The first-order chi connectivity index (χ1) is 9.70. The molecule has 0 aliphatic carbocycles. The maximum atomic E-state index is 4.57. The molecule has 2 aliphatic rings.